The van der Waals surface area contributed by atoms with Crippen LogP contribution in [0.25, 0.3) is 5.69 Å². The van der Waals surface area contributed by atoms with Gasteiger partial charge in [-0.2, -0.15) is 0 Å². The minimum Gasteiger partial charge on any atom is -0.326 e. The summed E-state index contributed by atoms with van der Waals surface area (Å²) in [6, 6.07) is 15.7. The molecular formula is C20H20N4O3. The highest BCUT2D eigenvalue weighted by Crippen LogP contribution is 2.16. The molecule has 0 bridgehead atoms. The summed E-state index contributed by atoms with van der Waals surface area (Å²) >= 11 is 0. The number of para-hydroxylation sites is 1. The molecule has 0 aliphatic heterocycles. The summed E-state index contributed by atoms with van der Waals surface area (Å²) in [6.45, 7) is 3.16. The lowest BCUT2D eigenvalue weighted by Crippen LogP contribution is -2.23. The Kier molecular flexibility index (Phi) is 4.94. The first-order valence-corrected chi connectivity index (χ1v) is 8.41. The van der Waals surface area contributed by atoms with Gasteiger partial charge in [0.05, 0.1) is 11.4 Å². The fraction of sp³-hybridized carbons (Fsp3) is 0.150. The molecule has 0 unspecified atom stereocenters. The monoisotopic (exact) mass is 364 g/mol. The number of benzene rings is 2. The van der Waals surface area contributed by atoms with Crippen LogP contribution in [-0.4, -0.2) is 21.2 Å². The summed E-state index contributed by atoms with van der Waals surface area (Å²) in [7, 11) is 1.76. The number of aromatic nitrogens is 2. The van der Waals surface area contributed by atoms with Crippen molar-refractivity contribution < 1.29 is 9.59 Å². The number of carbonyl (C=O) groups excluding carboxylic acids is 2. The summed E-state index contributed by atoms with van der Waals surface area (Å²) in [4.78, 5) is 36.7. The van der Waals surface area contributed by atoms with Crippen LogP contribution in [0.2, 0.25) is 0 Å². The van der Waals surface area contributed by atoms with Crippen LogP contribution in [0.1, 0.15) is 23.0 Å². The van der Waals surface area contributed by atoms with Gasteiger partial charge in [0.2, 0.25) is 5.91 Å². The molecule has 27 heavy (non-hydrogen) atoms. The predicted octanol–water partition coefficient (Wildman–Crippen LogP) is 2.70. The van der Waals surface area contributed by atoms with Crippen molar-refractivity contribution in [3.05, 3.63) is 76.2 Å². The molecule has 0 fully saturated rings. The zero-order chi connectivity index (χ0) is 19.6. The molecule has 1 heterocycles. The first kappa shape index (κ1) is 18.2. The van der Waals surface area contributed by atoms with E-state index in [0.717, 1.165) is 0 Å². The number of hydrogen-bond acceptors (Lipinski definition) is 3. The summed E-state index contributed by atoms with van der Waals surface area (Å²) in [6.07, 6.45) is 0. The predicted molar refractivity (Wildman–Crippen MR) is 104 cm³/mol. The van der Waals surface area contributed by atoms with Crippen LogP contribution >= 0.6 is 0 Å². The highest BCUT2D eigenvalue weighted by atomic mass is 16.2. The maximum Gasteiger partial charge on any atom is 0.295 e. The van der Waals surface area contributed by atoms with E-state index in [1.54, 1.807) is 42.9 Å². The second kappa shape index (κ2) is 7.33. The van der Waals surface area contributed by atoms with Crippen LogP contribution in [0.15, 0.2) is 59.4 Å². The van der Waals surface area contributed by atoms with E-state index >= 15 is 0 Å². The quantitative estimate of drug-likeness (QED) is 0.746. The lowest BCUT2D eigenvalue weighted by atomic mass is 10.2. The van der Waals surface area contributed by atoms with Gasteiger partial charge in [-0.15, -0.1) is 0 Å². The van der Waals surface area contributed by atoms with Crippen molar-refractivity contribution in [2.24, 2.45) is 7.05 Å². The van der Waals surface area contributed by atoms with Crippen LogP contribution in [0.5, 0.6) is 0 Å². The summed E-state index contributed by atoms with van der Waals surface area (Å²) in [5.41, 5.74) is 2.11. The minimum atomic E-state index is -0.423. The maximum absolute atomic E-state index is 12.9. The van der Waals surface area contributed by atoms with Crippen molar-refractivity contribution in [1.82, 2.24) is 9.36 Å². The lowest BCUT2D eigenvalue weighted by Gasteiger charge is -2.07. The maximum atomic E-state index is 12.9. The van der Waals surface area contributed by atoms with Gasteiger partial charge in [-0.3, -0.25) is 19.1 Å². The fourth-order valence-electron chi connectivity index (χ4n) is 2.84. The van der Waals surface area contributed by atoms with Gasteiger partial charge >= 0.3 is 0 Å². The van der Waals surface area contributed by atoms with Crippen LogP contribution in [0.3, 0.4) is 0 Å². The largest absolute Gasteiger partial charge is 0.326 e. The van der Waals surface area contributed by atoms with Gasteiger partial charge in [0.25, 0.3) is 11.5 Å². The smallest absolute Gasteiger partial charge is 0.295 e. The van der Waals surface area contributed by atoms with Gasteiger partial charge < -0.3 is 10.6 Å². The molecule has 0 aliphatic carbocycles. The Bertz CT molecular complexity index is 1060. The van der Waals surface area contributed by atoms with Crippen LogP contribution in [0, 0.1) is 6.92 Å². The molecular weight excluding hydrogens is 344 g/mol. The number of nitrogens with one attached hydrogen (secondary N) is 2. The molecule has 2 amide bonds. The molecule has 7 nitrogen and oxygen atoms in total. The zero-order valence-corrected chi connectivity index (χ0v) is 15.3. The van der Waals surface area contributed by atoms with Gasteiger partial charge in [0, 0.05) is 25.2 Å². The standard InChI is InChI=1S/C20H20N4O3/c1-13-18(20(27)24(23(13)3)17-10-5-4-6-11-17)22-19(26)15-8-7-9-16(12-15)21-14(2)25/h4-12H,1-3H3,(H,21,25)(H,22,26). The third-order valence-electron chi connectivity index (χ3n) is 4.24. The van der Waals surface area contributed by atoms with Gasteiger partial charge in [0.15, 0.2) is 0 Å². The Labute approximate surface area is 156 Å². The molecule has 7 heteroatoms. The second-order valence-corrected chi connectivity index (χ2v) is 6.15. The zero-order valence-electron chi connectivity index (χ0n) is 15.3. The molecule has 1 aromatic heterocycles. The molecule has 0 atom stereocenters. The molecule has 3 rings (SSSR count). The average Bonchev–Trinajstić information content (AvgIpc) is 2.85. The Morgan fingerprint density at radius 1 is 0.963 bits per heavy atom. The molecule has 0 saturated heterocycles. The van der Waals surface area contributed by atoms with E-state index in [2.05, 4.69) is 10.6 Å². The van der Waals surface area contributed by atoms with E-state index in [-0.39, 0.29) is 17.2 Å². The van der Waals surface area contributed by atoms with E-state index in [1.165, 1.54) is 11.6 Å². The lowest BCUT2D eigenvalue weighted by molar-refractivity contribution is -0.114. The molecule has 2 N–H and O–H groups in total. The number of carbonyl (C=O) groups is 2. The molecule has 0 spiro atoms. The van der Waals surface area contributed by atoms with Crippen molar-refractivity contribution in [2.45, 2.75) is 13.8 Å². The third-order valence-corrected chi connectivity index (χ3v) is 4.24. The Morgan fingerprint density at radius 2 is 1.67 bits per heavy atom. The first-order valence-electron chi connectivity index (χ1n) is 8.41. The van der Waals surface area contributed by atoms with Crippen molar-refractivity contribution in [3.63, 3.8) is 0 Å². The van der Waals surface area contributed by atoms with Crippen molar-refractivity contribution >= 4 is 23.2 Å². The molecule has 0 aliphatic rings. The molecule has 3 aromatic rings. The number of rotatable bonds is 4. The number of hydrogen-bond donors (Lipinski definition) is 2. The third kappa shape index (κ3) is 3.67. The second-order valence-electron chi connectivity index (χ2n) is 6.15. The van der Waals surface area contributed by atoms with Gasteiger partial charge in [-0.05, 0) is 37.3 Å². The van der Waals surface area contributed by atoms with Crippen LogP contribution < -0.4 is 16.2 Å². The van der Waals surface area contributed by atoms with Crippen molar-refractivity contribution in [2.75, 3.05) is 10.6 Å². The first-order chi connectivity index (χ1) is 12.9. The van der Waals surface area contributed by atoms with Crippen molar-refractivity contribution in [3.8, 4) is 5.69 Å². The molecule has 0 saturated carbocycles. The highest BCUT2D eigenvalue weighted by Gasteiger charge is 2.18. The highest BCUT2D eigenvalue weighted by molar-refractivity contribution is 6.05. The van der Waals surface area contributed by atoms with Crippen LogP contribution in [-0.2, 0) is 11.8 Å². The van der Waals surface area contributed by atoms with Crippen molar-refractivity contribution in [1.29, 1.82) is 0 Å². The van der Waals surface area contributed by atoms with E-state index in [0.29, 0.717) is 22.6 Å². The Balaban J connectivity index is 1.94. The molecule has 138 valence electrons. The van der Waals surface area contributed by atoms with E-state index in [9.17, 15) is 14.4 Å². The molecule has 2 aromatic carbocycles. The van der Waals surface area contributed by atoms with Gasteiger partial charge in [-0.25, -0.2) is 4.68 Å². The van der Waals surface area contributed by atoms with Gasteiger partial charge in [-0.1, -0.05) is 24.3 Å². The molecule has 0 radical (unpaired) electrons. The average molecular weight is 364 g/mol. The number of anilines is 2. The summed E-state index contributed by atoms with van der Waals surface area (Å²) < 4.78 is 3.19. The van der Waals surface area contributed by atoms with E-state index in [4.69, 9.17) is 0 Å². The van der Waals surface area contributed by atoms with E-state index < -0.39 is 5.91 Å². The Hall–Kier alpha value is -3.61. The van der Waals surface area contributed by atoms with Crippen LogP contribution in [0.4, 0.5) is 11.4 Å². The minimum absolute atomic E-state index is 0.219. The topological polar surface area (TPSA) is 85.1 Å². The van der Waals surface area contributed by atoms with E-state index in [1.807, 2.05) is 30.3 Å². The SMILES string of the molecule is CC(=O)Nc1cccc(C(=O)Nc2c(C)n(C)n(-c3ccccc3)c2=O)c1. The Morgan fingerprint density at radius 3 is 2.33 bits per heavy atom. The summed E-state index contributed by atoms with van der Waals surface area (Å²) in [5.74, 6) is -0.648. The number of amides is 2. The normalized spacial score (nSPS) is 10.5. The summed E-state index contributed by atoms with van der Waals surface area (Å²) in [5, 5.41) is 5.33. The van der Waals surface area contributed by atoms with Gasteiger partial charge in [0.1, 0.15) is 5.69 Å². The fourth-order valence-corrected chi connectivity index (χ4v) is 2.84. The number of nitrogens with zero attached hydrogens (tertiary/aromatic N) is 2.